The number of hydrogen-bond donors (Lipinski definition) is 1. The first-order valence-corrected chi connectivity index (χ1v) is 8.60. The van der Waals surface area contributed by atoms with Gasteiger partial charge in [-0.3, -0.25) is 4.79 Å². The molecule has 0 saturated carbocycles. The van der Waals surface area contributed by atoms with E-state index in [0.717, 1.165) is 23.5 Å². The Labute approximate surface area is 153 Å². The molecule has 3 rings (SSSR count). The fourth-order valence-electron chi connectivity index (χ4n) is 2.82. The summed E-state index contributed by atoms with van der Waals surface area (Å²) in [5.74, 6) is -0.699. The average Bonchev–Trinajstić information content (AvgIpc) is 2.63. The van der Waals surface area contributed by atoms with Crippen molar-refractivity contribution in [3.05, 3.63) is 95.1 Å². The van der Waals surface area contributed by atoms with Gasteiger partial charge in [0.05, 0.1) is 5.56 Å². The summed E-state index contributed by atoms with van der Waals surface area (Å²) in [5.41, 5.74) is 4.05. The van der Waals surface area contributed by atoms with Crippen LogP contribution < -0.4 is 9.88 Å². The van der Waals surface area contributed by atoms with Gasteiger partial charge in [0.1, 0.15) is 5.82 Å². The largest absolute Gasteiger partial charge is 0.381 e. The second-order valence-electron chi connectivity index (χ2n) is 6.43. The number of aromatic nitrogens is 1. The van der Waals surface area contributed by atoms with Crippen molar-refractivity contribution in [2.45, 2.75) is 26.9 Å². The molecule has 0 amide bonds. The molecule has 0 fully saturated rings. The highest BCUT2D eigenvalue weighted by Gasteiger charge is 2.18. The van der Waals surface area contributed by atoms with Gasteiger partial charge in [-0.2, -0.15) is 4.57 Å². The van der Waals surface area contributed by atoms with Gasteiger partial charge in [0, 0.05) is 31.3 Å². The third-order valence-electron chi connectivity index (χ3n) is 4.33. The smallest absolute Gasteiger partial charge is 0.230 e. The van der Waals surface area contributed by atoms with Crippen molar-refractivity contribution in [2.75, 3.05) is 5.32 Å². The van der Waals surface area contributed by atoms with Gasteiger partial charge in [-0.05, 0) is 30.2 Å². The van der Waals surface area contributed by atoms with Gasteiger partial charge < -0.3 is 5.32 Å². The van der Waals surface area contributed by atoms with Gasteiger partial charge in [0.25, 0.3) is 0 Å². The normalized spacial score (nSPS) is 10.6. The number of rotatable bonds is 6. The van der Waals surface area contributed by atoms with E-state index in [1.165, 1.54) is 11.6 Å². The van der Waals surface area contributed by atoms with Crippen LogP contribution in [0.1, 0.15) is 27.2 Å². The molecule has 0 saturated heterocycles. The fraction of sp³-hybridized carbons (Fsp3) is 0.182. The third kappa shape index (κ3) is 4.33. The standard InChI is InChI=1S/C22H21FN2O/c1-16-8-9-20(21(23)12-16)22(26)15-25-11-10-19(13-17(25)2)24-14-18-6-4-3-5-7-18/h3-13H,14-15H2,1-2H3/p+1. The lowest BCUT2D eigenvalue weighted by Crippen LogP contribution is -2.40. The maximum Gasteiger partial charge on any atom is 0.230 e. The van der Waals surface area contributed by atoms with Crippen molar-refractivity contribution in [3.63, 3.8) is 0 Å². The Hall–Kier alpha value is -3.01. The van der Waals surface area contributed by atoms with Gasteiger partial charge in [-0.1, -0.05) is 36.4 Å². The highest BCUT2D eigenvalue weighted by atomic mass is 19.1. The zero-order valence-corrected chi connectivity index (χ0v) is 15.0. The minimum absolute atomic E-state index is 0.116. The van der Waals surface area contributed by atoms with Crippen LogP contribution in [0.4, 0.5) is 10.1 Å². The number of carbonyl (C=O) groups is 1. The number of ketones is 1. The van der Waals surface area contributed by atoms with Crippen LogP contribution in [0.5, 0.6) is 0 Å². The van der Waals surface area contributed by atoms with E-state index in [4.69, 9.17) is 0 Å². The number of nitrogens with one attached hydrogen (secondary N) is 1. The minimum atomic E-state index is -0.464. The van der Waals surface area contributed by atoms with Gasteiger partial charge in [0.2, 0.25) is 12.3 Å². The van der Waals surface area contributed by atoms with E-state index in [1.807, 2.05) is 48.0 Å². The molecular formula is C22H22FN2O+. The topological polar surface area (TPSA) is 33.0 Å². The Bertz CT molecular complexity index is 923. The molecule has 4 heteroatoms. The highest BCUT2D eigenvalue weighted by molar-refractivity contribution is 5.95. The summed E-state index contributed by atoms with van der Waals surface area (Å²) in [5, 5.41) is 3.37. The zero-order valence-electron chi connectivity index (χ0n) is 15.0. The van der Waals surface area contributed by atoms with Crippen LogP contribution in [0.2, 0.25) is 0 Å². The van der Waals surface area contributed by atoms with E-state index in [9.17, 15) is 9.18 Å². The number of nitrogens with zero attached hydrogens (tertiary/aromatic N) is 1. The predicted octanol–water partition coefficient (Wildman–Crippen LogP) is 4.23. The fourth-order valence-corrected chi connectivity index (χ4v) is 2.82. The van der Waals surface area contributed by atoms with Crippen LogP contribution in [-0.4, -0.2) is 5.78 Å². The molecule has 0 spiro atoms. The van der Waals surface area contributed by atoms with Crippen molar-refractivity contribution in [2.24, 2.45) is 0 Å². The number of carbonyl (C=O) groups excluding carboxylic acids is 1. The first-order valence-electron chi connectivity index (χ1n) is 8.60. The maximum absolute atomic E-state index is 14.0. The zero-order chi connectivity index (χ0) is 18.5. The summed E-state index contributed by atoms with van der Waals surface area (Å²) in [7, 11) is 0. The van der Waals surface area contributed by atoms with Crippen LogP contribution in [0.3, 0.4) is 0 Å². The molecule has 0 aliphatic heterocycles. The SMILES string of the molecule is Cc1ccc(C(=O)C[n+]2ccc(NCc3ccccc3)cc2C)c(F)c1. The van der Waals surface area contributed by atoms with Crippen molar-refractivity contribution < 1.29 is 13.8 Å². The summed E-state index contributed by atoms with van der Waals surface area (Å²) in [4.78, 5) is 12.4. The molecule has 3 nitrogen and oxygen atoms in total. The summed E-state index contributed by atoms with van der Waals surface area (Å²) in [6.45, 7) is 4.59. The van der Waals surface area contributed by atoms with Crippen molar-refractivity contribution in [1.29, 1.82) is 0 Å². The molecule has 0 atom stereocenters. The second kappa shape index (κ2) is 7.91. The van der Waals surface area contributed by atoms with E-state index in [2.05, 4.69) is 17.4 Å². The van der Waals surface area contributed by atoms with E-state index < -0.39 is 5.82 Å². The van der Waals surface area contributed by atoms with Crippen LogP contribution in [0.15, 0.2) is 66.9 Å². The number of halogens is 1. The van der Waals surface area contributed by atoms with Crippen LogP contribution in [-0.2, 0) is 13.1 Å². The number of pyridine rings is 1. The number of anilines is 1. The van der Waals surface area contributed by atoms with Gasteiger partial charge >= 0.3 is 0 Å². The van der Waals surface area contributed by atoms with E-state index in [1.54, 1.807) is 19.1 Å². The summed E-state index contributed by atoms with van der Waals surface area (Å²) >= 11 is 0. The Morgan fingerprint density at radius 3 is 2.50 bits per heavy atom. The third-order valence-corrected chi connectivity index (χ3v) is 4.33. The monoisotopic (exact) mass is 349 g/mol. The number of Topliss-reactive ketones (excluding diaryl/α,β-unsaturated/α-hetero) is 1. The molecule has 0 aliphatic carbocycles. The molecule has 3 aromatic rings. The summed E-state index contributed by atoms with van der Waals surface area (Å²) < 4.78 is 15.8. The van der Waals surface area contributed by atoms with Crippen LogP contribution >= 0.6 is 0 Å². The Balaban J connectivity index is 1.68. The molecule has 132 valence electrons. The molecule has 0 bridgehead atoms. The predicted molar refractivity (Wildman–Crippen MR) is 101 cm³/mol. The molecule has 1 N–H and O–H groups in total. The summed E-state index contributed by atoms with van der Waals surface area (Å²) in [6, 6.07) is 18.8. The average molecular weight is 349 g/mol. The lowest BCUT2D eigenvalue weighted by atomic mass is 10.1. The van der Waals surface area contributed by atoms with Gasteiger partial charge in [-0.15, -0.1) is 0 Å². The number of hydrogen-bond acceptors (Lipinski definition) is 2. The van der Waals surface area contributed by atoms with Crippen molar-refractivity contribution >= 4 is 11.5 Å². The lowest BCUT2D eigenvalue weighted by molar-refractivity contribution is -0.689. The molecule has 0 radical (unpaired) electrons. The lowest BCUT2D eigenvalue weighted by Gasteiger charge is -2.08. The molecule has 2 aromatic carbocycles. The Morgan fingerprint density at radius 2 is 1.81 bits per heavy atom. The van der Waals surface area contributed by atoms with Crippen molar-refractivity contribution in [1.82, 2.24) is 0 Å². The molecule has 0 aliphatic rings. The second-order valence-corrected chi connectivity index (χ2v) is 6.43. The van der Waals surface area contributed by atoms with Crippen molar-refractivity contribution in [3.8, 4) is 0 Å². The molecular weight excluding hydrogens is 327 g/mol. The molecule has 1 aromatic heterocycles. The maximum atomic E-state index is 14.0. The van der Waals surface area contributed by atoms with Crippen LogP contribution in [0, 0.1) is 19.7 Å². The highest BCUT2D eigenvalue weighted by Crippen LogP contribution is 2.12. The number of aryl methyl sites for hydroxylation is 2. The van der Waals surface area contributed by atoms with Crippen LogP contribution in [0.25, 0.3) is 0 Å². The molecule has 26 heavy (non-hydrogen) atoms. The quantitative estimate of drug-likeness (QED) is 0.534. The minimum Gasteiger partial charge on any atom is -0.381 e. The molecule has 1 heterocycles. The van der Waals surface area contributed by atoms with Gasteiger partial charge in [0.15, 0.2) is 11.9 Å². The molecule has 0 unspecified atom stereocenters. The number of benzene rings is 2. The Morgan fingerprint density at radius 1 is 1.04 bits per heavy atom. The van der Waals surface area contributed by atoms with E-state index >= 15 is 0 Å². The van der Waals surface area contributed by atoms with E-state index in [-0.39, 0.29) is 17.9 Å². The first kappa shape index (κ1) is 17.8. The van der Waals surface area contributed by atoms with Gasteiger partial charge in [-0.25, -0.2) is 4.39 Å². The summed E-state index contributed by atoms with van der Waals surface area (Å²) in [6.07, 6.45) is 1.85. The first-order chi connectivity index (χ1) is 12.5. The van der Waals surface area contributed by atoms with E-state index in [0.29, 0.717) is 0 Å². The Kier molecular flexibility index (Phi) is 5.42.